The number of benzene rings is 2. The molecule has 4 aromatic rings. The number of hydrogen-bond donors (Lipinski definition) is 0. The number of aromatic nitrogens is 2. The van der Waals surface area contributed by atoms with Gasteiger partial charge in [-0.15, -0.1) is 0 Å². The molecule has 0 spiro atoms. The van der Waals surface area contributed by atoms with E-state index in [1.54, 1.807) is 24.3 Å². The van der Waals surface area contributed by atoms with Crippen molar-refractivity contribution in [3.63, 3.8) is 0 Å². The van der Waals surface area contributed by atoms with Crippen LogP contribution >= 0.6 is 0 Å². The number of pyridine rings is 2. The van der Waals surface area contributed by atoms with Crippen LogP contribution in [0.15, 0.2) is 60.9 Å². The SMILES string of the molecule is N#Cc1c(F)cc(-c2ccnc(-c3cc(-c4cc(F)c(C#N)c(F)c4)ccn3)c2)cc1F. The summed E-state index contributed by atoms with van der Waals surface area (Å²) in [7, 11) is 0. The predicted octanol–water partition coefficient (Wildman–Crippen LogP) is 5.78. The standard InChI is InChI=1S/C24H10F4N4/c25-19-5-15(6-20(26)17(19)11-29)13-1-3-31-23(9-13)24-10-14(2-4-32-24)16-7-21(27)18(12-30)22(28)8-16/h1-10H. The van der Waals surface area contributed by atoms with Crippen molar-refractivity contribution in [3.8, 4) is 45.8 Å². The maximum atomic E-state index is 14.0. The van der Waals surface area contributed by atoms with E-state index in [9.17, 15) is 17.6 Å². The maximum absolute atomic E-state index is 14.0. The van der Waals surface area contributed by atoms with Crippen molar-refractivity contribution in [1.82, 2.24) is 9.97 Å². The van der Waals surface area contributed by atoms with E-state index in [4.69, 9.17) is 10.5 Å². The molecule has 0 fully saturated rings. The van der Waals surface area contributed by atoms with Crippen molar-refractivity contribution in [3.05, 3.63) is 95.3 Å². The highest BCUT2D eigenvalue weighted by Crippen LogP contribution is 2.29. The van der Waals surface area contributed by atoms with Gasteiger partial charge in [-0.25, -0.2) is 17.6 Å². The van der Waals surface area contributed by atoms with E-state index in [0.29, 0.717) is 22.5 Å². The molecule has 0 saturated carbocycles. The van der Waals surface area contributed by atoms with Crippen LogP contribution in [0.25, 0.3) is 33.6 Å². The molecule has 2 heterocycles. The fraction of sp³-hybridized carbons (Fsp3) is 0. The van der Waals surface area contributed by atoms with Gasteiger partial charge in [-0.1, -0.05) is 0 Å². The highest BCUT2D eigenvalue weighted by Gasteiger charge is 2.14. The summed E-state index contributed by atoms with van der Waals surface area (Å²) in [5, 5.41) is 17.7. The minimum Gasteiger partial charge on any atom is -0.255 e. The third-order valence-electron chi connectivity index (χ3n) is 4.76. The minimum atomic E-state index is -0.981. The van der Waals surface area contributed by atoms with Gasteiger partial charge in [0.1, 0.15) is 46.5 Å². The first-order valence-electron chi connectivity index (χ1n) is 9.12. The lowest BCUT2D eigenvalue weighted by Crippen LogP contribution is -1.94. The Balaban J connectivity index is 1.76. The summed E-state index contributed by atoms with van der Waals surface area (Å²) < 4.78 is 56.0. The molecule has 0 aliphatic carbocycles. The molecule has 0 aliphatic rings. The average Bonchev–Trinajstić information content (AvgIpc) is 2.79. The van der Waals surface area contributed by atoms with E-state index >= 15 is 0 Å². The van der Waals surface area contributed by atoms with E-state index in [0.717, 1.165) is 24.3 Å². The largest absolute Gasteiger partial charge is 0.255 e. The zero-order valence-corrected chi connectivity index (χ0v) is 16.1. The Bertz CT molecular complexity index is 1290. The molecule has 2 aromatic carbocycles. The Kier molecular flexibility index (Phi) is 5.36. The van der Waals surface area contributed by atoms with Gasteiger partial charge in [0.25, 0.3) is 0 Å². The summed E-state index contributed by atoms with van der Waals surface area (Å²) in [4.78, 5) is 8.43. The van der Waals surface area contributed by atoms with Crippen molar-refractivity contribution >= 4 is 0 Å². The molecule has 0 N–H and O–H groups in total. The molecule has 4 nitrogen and oxygen atoms in total. The highest BCUT2D eigenvalue weighted by atomic mass is 19.1. The van der Waals surface area contributed by atoms with E-state index in [1.807, 2.05) is 0 Å². The summed E-state index contributed by atoms with van der Waals surface area (Å²) in [6, 6.07) is 13.3. The molecule has 8 heteroatoms. The molecule has 0 radical (unpaired) electrons. The summed E-state index contributed by atoms with van der Waals surface area (Å²) in [6.45, 7) is 0. The van der Waals surface area contributed by atoms with Crippen LogP contribution in [0.3, 0.4) is 0 Å². The lowest BCUT2D eigenvalue weighted by atomic mass is 10.0. The molecule has 0 amide bonds. The van der Waals surface area contributed by atoms with Gasteiger partial charge in [0.05, 0.1) is 11.4 Å². The second kappa shape index (κ2) is 8.29. The lowest BCUT2D eigenvalue weighted by Gasteiger charge is -2.08. The average molecular weight is 430 g/mol. The summed E-state index contributed by atoms with van der Waals surface area (Å²) in [5.41, 5.74) is 0.636. The molecule has 0 saturated heterocycles. The van der Waals surface area contributed by atoms with Gasteiger partial charge in [0.2, 0.25) is 0 Å². The second-order valence-electron chi connectivity index (χ2n) is 6.71. The van der Waals surface area contributed by atoms with E-state index in [2.05, 4.69) is 9.97 Å². The quantitative estimate of drug-likeness (QED) is 0.387. The molecule has 0 unspecified atom stereocenters. The van der Waals surface area contributed by atoms with Crippen molar-refractivity contribution in [2.45, 2.75) is 0 Å². The fourth-order valence-electron chi connectivity index (χ4n) is 3.19. The van der Waals surface area contributed by atoms with Crippen LogP contribution in [-0.2, 0) is 0 Å². The number of halogens is 4. The van der Waals surface area contributed by atoms with Gasteiger partial charge in [-0.05, 0) is 70.8 Å². The summed E-state index contributed by atoms with van der Waals surface area (Å²) in [5.74, 6) is -3.92. The van der Waals surface area contributed by atoms with Gasteiger partial charge < -0.3 is 0 Å². The summed E-state index contributed by atoms with van der Waals surface area (Å²) in [6.07, 6.45) is 2.85. The summed E-state index contributed by atoms with van der Waals surface area (Å²) >= 11 is 0. The minimum absolute atomic E-state index is 0.204. The van der Waals surface area contributed by atoms with Crippen molar-refractivity contribution in [2.24, 2.45) is 0 Å². The zero-order chi connectivity index (χ0) is 22.8. The van der Waals surface area contributed by atoms with E-state index in [1.165, 1.54) is 24.5 Å². The van der Waals surface area contributed by atoms with E-state index < -0.39 is 34.4 Å². The van der Waals surface area contributed by atoms with Crippen LogP contribution < -0.4 is 0 Å². The molecular formula is C24H10F4N4. The highest BCUT2D eigenvalue weighted by molar-refractivity contribution is 5.73. The van der Waals surface area contributed by atoms with Crippen molar-refractivity contribution in [2.75, 3.05) is 0 Å². The fourth-order valence-corrected chi connectivity index (χ4v) is 3.19. The molecule has 154 valence electrons. The van der Waals surface area contributed by atoms with Crippen LogP contribution in [0, 0.1) is 45.9 Å². The molecule has 4 rings (SSSR count). The third-order valence-corrected chi connectivity index (χ3v) is 4.76. The Hall–Kier alpha value is -4.56. The molecule has 0 atom stereocenters. The molecule has 2 aromatic heterocycles. The first kappa shape index (κ1) is 20.7. The Labute approximate surface area is 179 Å². The number of nitrogens with zero attached hydrogens (tertiary/aromatic N) is 4. The smallest absolute Gasteiger partial charge is 0.144 e. The Morgan fingerprint density at radius 2 is 0.875 bits per heavy atom. The third kappa shape index (κ3) is 3.78. The number of rotatable bonds is 3. The van der Waals surface area contributed by atoms with Crippen molar-refractivity contribution < 1.29 is 17.6 Å². The Morgan fingerprint density at radius 1 is 0.531 bits per heavy atom. The predicted molar refractivity (Wildman–Crippen MR) is 108 cm³/mol. The number of nitriles is 2. The van der Waals surface area contributed by atoms with Gasteiger partial charge in [-0.3, -0.25) is 9.97 Å². The normalized spacial score (nSPS) is 10.4. The first-order valence-corrected chi connectivity index (χ1v) is 9.12. The van der Waals surface area contributed by atoms with Gasteiger partial charge in [0.15, 0.2) is 0 Å². The van der Waals surface area contributed by atoms with Crippen LogP contribution in [0.1, 0.15) is 11.1 Å². The van der Waals surface area contributed by atoms with Crippen molar-refractivity contribution in [1.29, 1.82) is 10.5 Å². The van der Waals surface area contributed by atoms with E-state index in [-0.39, 0.29) is 11.1 Å². The van der Waals surface area contributed by atoms with Crippen LogP contribution in [0.4, 0.5) is 17.6 Å². The maximum Gasteiger partial charge on any atom is 0.144 e. The molecular weight excluding hydrogens is 420 g/mol. The number of hydrogen-bond acceptors (Lipinski definition) is 4. The zero-order valence-electron chi connectivity index (χ0n) is 16.1. The van der Waals surface area contributed by atoms with Gasteiger partial charge >= 0.3 is 0 Å². The first-order chi connectivity index (χ1) is 15.4. The van der Waals surface area contributed by atoms with Gasteiger partial charge in [-0.2, -0.15) is 10.5 Å². The van der Waals surface area contributed by atoms with Gasteiger partial charge in [0, 0.05) is 12.4 Å². The topological polar surface area (TPSA) is 73.4 Å². The molecule has 0 bridgehead atoms. The van der Waals surface area contributed by atoms with Crippen LogP contribution in [0.2, 0.25) is 0 Å². The monoisotopic (exact) mass is 430 g/mol. The molecule has 0 aliphatic heterocycles. The lowest BCUT2D eigenvalue weighted by molar-refractivity contribution is 0.577. The van der Waals surface area contributed by atoms with Crippen LogP contribution in [-0.4, -0.2) is 9.97 Å². The van der Waals surface area contributed by atoms with Crippen LogP contribution in [0.5, 0.6) is 0 Å². The molecule has 32 heavy (non-hydrogen) atoms. The Morgan fingerprint density at radius 3 is 1.19 bits per heavy atom. The second-order valence-corrected chi connectivity index (χ2v) is 6.71.